The summed E-state index contributed by atoms with van der Waals surface area (Å²) in [5.41, 5.74) is 2.25. The molecule has 4 aromatic rings. The summed E-state index contributed by atoms with van der Waals surface area (Å²) in [5.74, 6) is 0.579. The second kappa shape index (κ2) is 10.1. The van der Waals surface area contributed by atoms with Crippen molar-refractivity contribution in [1.82, 2.24) is 30.0 Å². The molecule has 0 aliphatic carbocycles. The third-order valence-corrected chi connectivity index (χ3v) is 5.72. The summed E-state index contributed by atoms with van der Waals surface area (Å²) in [7, 11) is 0. The molecule has 0 fully saturated rings. The number of rotatable bonds is 8. The molecule has 2 aromatic carbocycles. The summed E-state index contributed by atoms with van der Waals surface area (Å²) in [6.07, 6.45) is 0.195. The molecule has 3 N–H and O–H groups in total. The van der Waals surface area contributed by atoms with Crippen LogP contribution in [0.3, 0.4) is 0 Å². The Kier molecular flexibility index (Phi) is 6.84. The van der Waals surface area contributed by atoms with Gasteiger partial charge in [-0.1, -0.05) is 54.2 Å². The second-order valence-corrected chi connectivity index (χ2v) is 8.36. The third kappa shape index (κ3) is 5.86. The van der Waals surface area contributed by atoms with Crippen molar-refractivity contribution >= 4 is 17.7 Å². The highest BCUT2D eigenvalue weighted by Gasteiger charge is 2.17. The summed E-state index contributed by atoms with van der Waals surface area (Å²) in [6.45, 7) is 2.43. The first-order valence-corrected chi connectivity index (χ1v) is 11.2. The molecule has 0 saturated heterocycles. The fourth-order valence-corrected chi connectivity index (χ4v) is 4.10. The first-order valence-electron chi connectivity index (χ1n) is 10.3. The number of hydrogen-bond acceptors (Lipinski definition) is 6. The minimum Gasteiger partial charge on any atom is -0.351 e. The van der Waals surface area contributed by atoms with Crippen molar-refractivity contribution in [2.45, 2.75) is 25.0 Å². The van der Waals surface area contributed by atoms with Crippen LogP contribution in [0.4, 0.5) is 0 Å². The van der Waals surface area contributed by atoms with Crippen molar-refractivity contribution in [2.24, 2.45) is 0 Å². The number of aromatic nitrogens is 5. The van der Waals surface area contributed by atoms with Gasteiger partial charge < -0.3 is 10.3 Å². The number of carbonyl (C=O) groups is 1. The van der Waals surface area contributed by atoms with Crippen molar-refractivity contribution < 1.29 is 4.79 Å². The quantitative estimate of drug-likeness (QED) is 0.344. The predicted octanol–water partition coefficient (Wildman–Crippen LogP) is 1.95. The maximum atomic E-state index is 12.4. The third-order valence-electron chi connectivity index (χ3n) is 4.79. The number of aromatic amines is 2. The molecule has 0 radical (unpaired) electrons. The van der Waals surface area contributed by atoms with Gasteiger partial charge in [-0.25, -0.2) is 4.79 Å². The zero-order valence-electron chi connectivity index (χ0n) is 17.9. The lowest BCUT2D eigenvalue weighted by atomic mass is 10.2. The van der Waals surface area contributed by atoms with Gasteiger partial charge in [-0.05, 0) is 30.2 Å². The molecule has 0 unspecified atom stereocenters. The van der Waals surface area contributed by atoms with E-state index in [0.29, 0.717) is 23.2 Å². The van der Waals surface area contributed by atoms with Crippen LogP contribution in [0.5, 0.6) is 0 Å². The van der Waals surface area contributed by atoms with Gasteiger partial charge in [-0.3, -0.25) is 19.1 Å². The lowest BCUT2D eigenvalue weighted by Gasteiger charge is -2.11. The molecule has 9 nitrogen and oxygen atoms in total. The van der Waals surface area contributed by atoms with E-state index in [9.17, 15) is 14.4 Å². The highest BCUT2D eigenvalue weighted by atomic mass is 32.2. The second-order valence-electron chi connectivity index (χ2n) is 7.41. The molecule has 0 aliphatic rings. The fourth-order valence-electron chi connectivity index (χ4n) is 3.30. The van der Waals surface area contributed by atoms with Gasteiger partial charge in [-0.2, -0.15) is 0 Å². The van der Waals surface area contributed by atoms with E-state index in [1.165, 1.54) is 17.8 Å². The zero-order chi connectivity index (χ0) is 23.2. The Balaban J connectivity index is 1.55. The van der Waals surface area contributed by atoms with Crippen LogP contribution in [0, 0.1) is 6.92 Å². The van der Waals surface area contributed by atoms with Gasteiger partial charge in [0.25, 0.3) is 5.56 Å². The van der Waals surface area contributed by atoms with E-state index < -0.39 is 11.2 Å². The Morgan fingerprint density at radius 2 is 1.85 bits per heavy atom. The average Bonchev–Trinajstić information content (AvgIpc) is 3.18. The highest BCUT2D eigenvalue weighted by molar-refractivity contribution is 7.99. The van der Waals surface area contributed by atoms with Gasteiger partial charge in [0.05, 0.1) is 5.75 Å². The Labute approximate surface area is 193 Å². The topological polar surface area (TPSA) is 126 Å². The van der Waals surface area contributed by atoms with E-state index in [4.69, 9.17) is 0 Å². The summed E-state index contributed by atoms with van der Waals surface area (Å²) < 4.78 is 1.83. The van der Waals surface area contributed by atoms with Gasteiger partial charge in [-0.15, -0.1) is 10.2 Å². The Bertz CT molecular complexity index is 1350. The normalized spacial score (nSPS) is 10.8. The molecule has 0 atom stereocenters. The Morgan fingerprint density at radius 1 is 1.03 bits per heavy atom. The number of nitrogens with one attached hydrogen (secondary N) is 3. The van der Waals surface area contributed by atoms with Crippen LogP contribution >= 0.6 is 11.8 Å². The summed E-state index contributed by atoms with van der Waals surface area (Å²) in [6, 6.07) is 18.8. The maximum Gasteiger partial charge on any atom is 0.325 e. The van der Waals surface area contributed by atoms with Gasteiger partial charge in [0.1, 0.15) is 5.82 Å². The van der Waals surface area contributed by atoms with E-state index in [1.807, 2.05) is 66.1 Å². The minimum absolute atomic E-state index is 0.122. The Morgan fingerprint density at radius 3 is 2.61 bits per heavy atom. The van der Waals surface area contributed by atoms with Gasteiger partial charge >= 0.3 is 5.69 Å². The van der Waals surface area contributed by atoms with Crippen LogP contribution in [0.15, 0.2) is 75.4 Å². The number of thioether (sulfide) groups is 1. The number of hydrogen-bond donors (Lipinski definition) is 3. The van der Waals surface area contributed by atoms with Crippen molar-refractivity contribution in [3.8, 4) is 5.69 Å². The Hall–Kier alpha value is -3.92. The zero-order valence-corrected chi connectivity index (χ0v) is 18.7. The van der Waals surface area contributed by atoms with Crippen LogP contribution in [0.1, 0.15) is 22.6 Å². The molecule has 168 valence electrons. The minimum atomic E-state index is -0.580. The van der Waals surface area contributed by atoms with Crippen LogP contribution in [-0.2, 0) is 17.8 Å². The molecule has 0 aliphatic heterocycles. The summed E-state index contributed by atoms with van der Waals surface area (Å²) in [4.78, 5) is 40.5. The summed E-state index contributed by atoms with van der Waals surface area (Å²) >= 11 is 1.27. The van der Waals surface area contributed by atoms with Crippen LogP contribution in [0.25, 0.3) is 5.69 Å². The van der Waals surface area contributed by atoms with Crippen molar-refractivity contribution in [3.63, 3.8) is 0 Å². The number of amides is 1. The molecule has 2 heterocycles. The van der Waals surface area contributed by atoms with Crippen molar-refractivity contribution in [3.05, 3.63) is 104 Å². The molecule has 0 bridgehead atoms. The molecule has 0 spiro atoms. The highest BCUT2D eigenvalue weighted by Crippen LogP contribution is 2.23. The number of H-pyrrole nitrogens is 2. The van der Waals surface area contributed by atoms with Gasteiger partial charge in [0.15, 0.2) is 5.16 Å². The van der Waals surface area contributed by atoms with Gasteiger partial charge in [0, 0.05) is 30.4 Å². The molecule has 0 saturated carbocycles. The molecular formula is C23H22N6O3S. The van der Waals surface area contributed by atoms with E-state index in [0.717, 1.165) is 16.8 Å². The van der Waals surface area contributed by atoms with E-state index in [2.05, 4.69) is 25.5 Å². The maximum absolute atomic E-state index is 12.4. The molecule has 2 aromatic heterocycles. The van der Waals surface area contributed by atoms with Crippen LogP contribution < -0.4 is 16.6 Å². The predicted molar refractivity (Wildman–Crippen MR) is 126 cm³/mol. The average molecular weight is 463 g/mol. The first-order chi connectivity index (χ1) is 16.0. The molecule has 33 heavy (non-hydrogen) atoms. The van der Waals surface area contributed by atoms with Crippen molar-refractivity contribution in [1.29, 1.82) is 0 Å². The summed E-state index contributed by atoms with van der Waals surface area (Å²) in [5, 5.41) is 12.0. The largest absolute Gasteiger partial charge is 0.351 e. The lowest BCUT2D eigenvalue weighted by molar-refractivity contribution is -0.118. The van der Waals surface area contributed by atoms with Crippen LogP contribution in [0.2, 0.25) is 0 Å². The molecule has 4 rings (SSSR count). The molecular weight excluding hydrogens is 440 g/mol. The number of nitrogens with zero attached hydrogens (tertiary/aromatic N) is 3. The number of benzene rings is 2. The monoisotopic (exact) mass is 462 g/mol. The number of carbonyl (C=O) groups excluding carboxylic acids is 1. The lowest BCUT2D eigenvalue weighted by Crippen LogP contribution is -2.24. The van der Waals surface area contributed by atoms with E-state index in [1.54, 1.807) is 0 Å². The smallest absolute Gasteiger partial charge is 0.325 e. The molecule has 1 amide bonds. The van der Waals surface area contributed by atoms with E-state index >= 15 is 0 Å². The van der Waals surface area contributed by atoms with Crippen LogP contribution in [-0.4, -0.2) is 36.4 Å². The first kappa shape index (κ1) is 22.3. The number of aryl methyl sites for hydroxylation is 1. The molecule has 10 heteroatoms. The standard InChI is InChI=1S/C23H22N6O3S/c1-15-6-5-9-18(10-15)29-19(11-17-12-20(30)26-22(32)25-17)27-28-23(29)33-14-21(31)24-13-16-7-3-2-4-8-16/h2-10,12H,11,13-14H2,1H3,(H,24,31)(H2,25,26,30,32). The van der Waals surface area contributed by atoms with Crippen molar-refractivity contribution in [2.75, 3.05) is 5.75 Å². The SMILES string of the molecule is Cc1cccc(-n2c(Cc3cc(=O)[nH]c(=O)[nH]3)nnc2SCC(=O)NCc2ccccc2)c1. The fraction of sp³-hybridized carbons (Fsp3) is 0.174. The van der Waals surface area contributed by atoms with Gasteiger partial charge in [0.2, 0.25) is 5.91 Å². The van der Waals surface area contributed by atoms with E-state index in [-0.39, 0.29) is 18.1 Å².